The van der Waals surface area contributed by atoms with Gasteiger partial charge in [-0.05, 0) is 72.5 Å². The summed E-state index contributed by atoms with van der Waals surface area (Å²) in [5.41, 5.74) is 11.8. The number of nitrogens with two attached hydrogens (primary N) is 1. The number of nitrogens with zero attached hydrogens (tertiary/aromatic N) is 1. The van der Waals surface area contributed by atoms with E-state index in [1.807, 2.05) is 26.0 Å². The molecule has 0 bridgehead atoms. The lowest BCUT2D eigenvalue weighted by molar-refractivity contribution is -0.120. The molecule has 12 nitrogen and oxygen atoms in total. The first-order chi connectivity index (χ1) is 24.6. The molecule has 12 heteroatoms. The van der Waals surface area contributed by atoms with E-state index < -0.39 is 5.97 Å². The molecule has 0 radical (unpaired) electrons. The number of phenolic OH excluding ortho intramolecular Hbond substituents is 1. The number of carboxylic acid groups (broad SMARTS) is 1. The quantitative estimate of drug-likeness (QED) is 0.0449. The Labute approximate surface area is 294 Å². The maximum Gasteiger partial charge on any atom is 0.336 e. The molecule has 0 saturated carbocycles. The van der Waals surface area contributed by atoms with Crippen molar-refractivity contribution in [1.82, 2.24) is 10.6 Å². The highest BCUT2D eigenvalue weighted by Crippen LogP contribution is 2.42. The second kappa shape index (κ2) is 17.1. The number of carboxylic acids is 1. The number of hydrogen-bond donors (Lipinski definition) is 5. The third kappa shape index (κ3) is 9.59. The van der Waals surface area contributed by atoms with Gasteiger partial charge < -0.3 is 40.5 Å². The molecule has 1 aliphatic heterocycles. The normalized spacial score (nSPS) is 11.8. The van der Waals surface area contributed by atoms with Crippen molar-refractivity contribution in [3.63, 3.8) is 0 Å². The van der Waals surface area contributed by atoms with Gasteiger partial charge >= 0.3 is 5.97 Å². The maximum atomic E-state index is 12.6. The summed E-state index contributed by atoms with van der Waals surface area (Å²) >= 11 is 0. The standard InChI is InChI=1S/C39H40N4O8/c1-24-19-30-34(21-32(24)40)51-35-22-33(25(2)20-31(35)38(30)28-5-3-4-6-29(28)39(47)48)43-23-37(46)42-14-16-50-18-17-49-15-13-41-36(45)12-9-26-7-10-27(44)11-8-26/h3-12,19-22,44H,13-18,23,40H2,1-2H3,(H,41,45)(H,42,46)(H,47,48)/b12-9+,43-33?. The van der Waals surface area contributed by atoms with Crippen molar-refractivity contribution in [1.29, 1.82) is 0 Å². The van der Waals surface area contributed by atoms with Crippen molar-refractivity contribution in [3.05, 3.63) is 106 Å². The molecule has 0 aromatic heterocycles. The molecule has 5 rings (SSSR count). The number of hydrogen-bond acceptors (Lipinski definition) is 9. The fourth-order valence-corrected chi connectivity index (χ4v) is 5.41. The largest absolute Gasteiger partial charge is 0.508 e. The van der Waals surface area contributed by atoms with Crippen LogP contribution in [0.5, 0.6) is 5.75 Å². The van der Waals surface area contributed by atoms with Gasteiger partial charge in [-0.15, -0.1) is 0 Å². The van der Waals surface area contributed by atoms with Crippen molar-refractivity contribution < 1.29 is 38.5 Å². The lowest BCUT2D eigenvalue weighted by atomic mass is 9.89. The lowest BCUT2D eigenvalue weighted by Crippen LogP contribution is -2.30. The summed E-state index contributed by atoms with van der Waals surface area (Å²) in [6.45, 7) is 5.56. The summed E-state index contributed by atoms with van der Waals surface area (Å²) in [4.78, 5) is 41.2. The van der Waals surface area contributed by atoms with Gasteiger partial charge in [-0.1, -0.05) is 30.3 Å². The molecule has 3 aromatic carbocycles. The average molecular weight is 693 g/mol. The van der Waals surface area contributed by atoms with E-state index in [0.29, 0.717) is 72.0 Å². The molecular weight excluding hydrogens is 652 g/mol. The Morgan fingerprint density at radius 1 is 0.863 bits per heavy atom. The highest BCUT2D eigenvalue weighted by atomic mass is 16.5. The van der Waals surface area contributed by atoms with E-state index in [4.69, 9.17) is 19.6 Å². The average Bonchev–Trinajstić information content (AvgIpc) is 3.11. The number of ether oxygens (including phenoxy) is 2. The van der Waals surface area contributed by atoms with Crippen molar-refractivity contribution in [2.75, 3.05) is 51.8 Å². The van der Waals surface area contributed by atoms with E-state index in [2.05, 4.69) is 15.6 Å². The molecule has 51 heavy (non-hydrogen) atoms. The van der Waals surface area contributed by atoms with Gasteiger partial charge in [-0.2, -0.15) is 0 Å². The van der Waals surface area contributed by atoms with Gasteiger partial charge in [-0.25, -0.2) is 4.79 Å². The Bertz CT molecular complexity index is 2100. The third-order valence-electron chi connectivity index (χ3n) is 8.05. The number of fused-ring (bicyclic) bond motifs is 2. The SMILES string of the molecule is Cc1cc2c(-c3ccccc3C(=O)O)c3cc(C)c(=NCC(=O)NCCOCCOCCNC(=O)/C=C/c4ccc(O)cc4)cc-3oc2cc1N. The van der Waals surface area contributed by atoms with Crippen molar-refractivity contribution >= 4 is 40.5 Å². The molecule has 0 saturated heterocycles. The zero-order valence-corrected chi connectivity index (χ0v) is 28.4. The Balaban J connectivity index is 1.11. The Kier molecular flexibility index (Phi) is 12.2. The number of rotatable bonds is 15. The Morgan fingerprint density at radius 3 is 2.29 bits per heavy atom. The maximum absolute atomic E-state index is 12.6. The van der Waals surface area contributed by atoms with Crippen LogP contribution < -0.4 is 21.7 Å². The van der Waals surface area contributed by atoms with Crippen LogP contribution in [0.4, 0.5) is 5.69 Å². The fraction of sp³-hybridized carbons (Fsp3) is 0.231. The summed E-state index contributed by atoms with van der Waals surface area (Å²) < 4.78 is 17.3. The first kappa shape index (κ1) is 36.3. The fourth-order valence-electron chi connectivity index (χ4n) is 5.41. The van der Waals surface area contributed by atoms with Crippen LogP contribution in [0.1, 0.15) is 27.0 Å². The van der Waals surface area contributed by atoms with Gasteiger partial charge in [0.2, 0.25) is 11.8 Å². The number of benzene rings is 4. The minimum Gasteiger partial charge on any atom is -0.508 e. The first-order valence-electron chi connectivity index (χ1n) is 16.4. The molecule has 0 fully saturated rings. The van der Waals surface area contributed by atoms with Crippen LogP contribution in [0, 0.1) is 13.8 Å². The smallest absolute Gasteiger partial charge is 0.336 e. The van der Waals surface area contributed by atoms with Crippen molar-refractivity contribution in [3.8, 4) is 28.2 Å². The highest BCUT2D eigenvalue weighted by Gasteiger charge is 2.22. The van der Waals surface area contributed by atoms with Gasteiger partial charge in [0.15, 0.2) is 0 Å². The molecule has 2 aliphatic rings. The van der Waals surface area contributed by atoms with Crippen LogP contribution in [0.2, 0.25) is 0 Å². The van der Waals surface area contributed by atoms with E-state index in [0.717, 1.165) is 22.1 Å². The van der Waals surface area contributed by atoms with E-state index in [1.165, 1.54) is 6.08 Å². The summed E-state index contributed by atoms with van der Waals surface area (Å²) in [6, 6.07) is 20.6. The number of carbonyl (C=O) groups is 3. The van der Waals surface area contributed by atoms with E-state index in [9.17, 15) is 24.6 Å². The molecule has 1 heterocycles. The molecule has 6 N–H and O–H groups in total. The van der Waals surface area contributed by atoms with Crippen LogP contribution in [0.15, 0.2) is 88.3 Å². The Morgan fingerprint density at radius 2 is 1.57 bits per heavy atom. The molecule has 0 unspecified atom stereocenters. The predicted octanol–water partition coefficient (Wildman–Crippen LogP) is 4.69. The summed E-state index contributed by atoms with van der Waals surface area (Å²) in [5.74, 6) is -0.927. The summed E-state index contributed by atoms with van der Waals surface area (Å²) in [6.07, 6.45) is 3.06. The second-order valence-corrected chi connectivity index (χ2v) is 11.8. The van der Waals surface area contributed by atoms with E-state index >= 15 is 0 Å². The van der Waals surface area contributed by atoms with Crippen molar-refractivity contribution in [2.45, 2.75) is 13.8 Å². The van der Waals surface area contributed by atoms with Gasteiger partial charge in [0, 0.05) is 53.5 Å². The number of aryl methyl sites for hydroxylation is 2. The lowest BCUT2D eigenvalue weighted by Gasteiger charge is -2.18. The third-order valence-corrected chi connectivity index (χ3v) is 8.05. The molecule has 0 spiro atoms. The monoisotopic (exact) mass is 692 g/mol. The number of anilines is 1. The van der Waals surface area contributed by atoms with E-state index in [-0.39, 0.29) is 36.3 Å². The van der Waals surface area contributed by atoms with Gasteiger partial charge in [0.1, 0.15) is 23.6 Å². The zero-order valence-electron chi connectivity index (χ0n) is 28.4. The van der Waals surface area contributed by atoms with Gasteiger partial charge in [-0.3, -0.25) is 14.6 Å². The summed E-state index contributed by atoms with van der Waals surface area (Å²) in [5, 5.41) is 26.1. The molecule has 264 valence electrons. The van der Waals surface area contributed by atoms with Crippen LogP contribution in [-0.2, 0) is 19.1 Å². The zero-order chi connectivity index (χ0) is 36.3. The topological polar surface area (TPSA) is 186 Å². The minimum atomic E-state index is -1.04. The molecular formula is C39H40N4O8. The highest BCUT2D eigenvalue weighted by molar-refractivity contribution is 6.08. The number of carbonyl (C=O) groups excluding carboxylic acids is 2. The second-order valence-electron chi connectivity index (χ2n) is 11.8. The number of nitrogens with one attached hydrogen (secondary N) is 2. The Hall–Kier alpha value is -5.98. The number of aromatic hydroxyl groups is 1. The number of nitrogen functional groups attached to an aromatic ring is 1. The van der Waals surface area contributed by atoms with Gasteiger partial charge in [0.25, 0.3) is 0 Å². The number of amides is 2. The predicted molar refractivity (Wildman–Crippen MR) is 194 cm³/mol. The van der Waals surface area contributed by atoms with Crippen LogP contribution in [0.3, 0.4) is 0 Å². The molecule has 3 aromatic rings. The van der Waals surface area contributed by atoms with Crippen molar-refractivity contribution in [2.24, 2.45) is 4.99 Å². The number of phenols is 1. The van der Waals surface area contributed by atoms with E-state index in [1.54, 1.807) is 66.7 Å². The van der Waals surface area contributed by atoms with Crippen LogP contribution in [0.25, 0.3) is 39.5 Å². The van der Waals surface area contributed by atoms with Gasteiger partial charge in [0.05, 0.1) is 37.3 Å². The minimum absolute atomic E-state index is 0.111. The summed E-state index contributed by atoms with van der Waals surface area (Å²) in [7, 11) is 0. The molecule has 0 atom stereocenters. The molecule has 2 amide bonds. The molecule has 1 aliphatic carbocycles. The number of aromatic carboxylic acids is 1. The van der Waals surface area contributed by atoms with Crippen LogP contribution >= 0.6 is 0 Å². The van der Waals surface area contributed by atoms with Crippen LogP contribution in [-0.4, -0.2) is 74.1 Å². The first-order valence-corrected chi connectivity index (χ1v) is 16.4.